The first-order chi connectivity index (χ1) is 18.4. The topological polar surface area (TPSA) is 25.8 Å². The average Bonchev–Trinajstić information content (AvgIpc) is 3.30. The first kappa shape index (κ1) is 24.2. The molecule has 182 valence electrons. The molecule has 0 saturated carbocycles. The summed E-state index contributed by atoms with van der Waals surface area (Å²) in [6.45, 7) is 0. The minimum absolute atomic E-state index is 0. The van der Waals surface area contributed by atoms with Crippen LogP contribution in [0.25, 0.3) is 33.6 Å². The molecule has 2 aromatic heterocycles. The Balaban J connectivity index is 0.00000264. The maximum atomic E-state index is 4.61. The van der Waals surface area contributed by atoms with Gasteiger partial charge >= 0.3 is 21.1 Å². The first-order valence-corrected chi connectivity index (χ1v) is 12.4. The molecule has 0 N–H and O–H groups in total. The third-order valence-corrected chi connectivity index (χ3v) is 7.23. The van der Waals surface area contributed by atoms with Crippen LogP contribution in [0.1, 0.15) is 22.3 Å². The van der Waals surface area contributed by atoms with Crippen molar-refractivity contribution in [1.29, 1.82) is 0 Å². The summed E-state index contributed by atoms with van der Waals surface area (Å²) < 4.78 is 0. The van der Waals surface area contributed by atoms with Gasteiger partial charge in [-0.3, -0.25) is 0 Å². The molecule has 1 aliphatic rings. The van der Waals surface area contributed by atoms with E-state index in [0.717, 1.165) is 33.6 Å². The summed E-state index contributed by atoms with van der Waals surface area (Å²) in [5.41, 5.74) is 10.3. The van der Waals surface area contributed by atoms with Gasteiger partial charge in [-0.05, 0) is 45.8 Å². The number of hydrogen-bond donors (Lipinski definition) is 0. The van der Waals surface area contributed by atoms with Gasteiger partial charge in [0.1, 0.15) is 0 Å². The fraction of sp³-hybridized carbons (Fsp3) is 0.0286. The van der Waals surface area contributed by atoms with Crippen molar-refractivity contribution in [2.75, 3.05) is 0 Å². The molecule has 0 bridgehead atoms. The van der Waals surface area contributed by atoms with Crippen molar-refractivity contribution >= 4 is 0 Å². The fourth-order valence-corrected chi connectivity index (χ4v) is 5.68. The van der Waals surface area contributed by atoms with E-state index < -0.39 is 5.41 Å². The van der Waals surface area contributed by atoms with Crippen LogP contribution in [-0.2, 0) is 26.5 Å². The smallest absolute Gasteiger partial charge is 0.305 e. The first-order valence-electron chi connectivity index (χ1n) is 12.4. The average molecular weight is 666 g/mol. The van der Waals surface area contributed by atoms with Crippen molar-refractivity contribution in [3.05, 3.63) is 168 Å². The predicted molar refractivity (Wildman–Crippen MR) is 148 cm³/mol. The van der Waals surface area contributed by atoms with Gasteiger partial charge in [0.25, 0.3) is 0 Å². The van der Waals surface area contributed by atoms with Crippen LogP contribution >= 0.6 is 0 Å². The second-order valence-electron chi connectivity index (χ2n) is 9.23. The normalized spacial score (nSPS) is 12.7. The molecule has 4 aromatic carbocycles. The molecular weight excluding hydrogens is 643 g/mol. The summed E-state index contributed by atoms with van der Waals surface area (Å²) in [6.07, 6.45) is 3.66. The Hall–Kier alpha value is -4.13. The largest absolute Gasteiger partial charge is 2.00 e. The molecular formula is C35H22N2Pt. The Morgan fingerprint density at radius 1 is 0.447 bits per heavy atom. The third-order valence-electron chi connectivity index (χ3n) is 7.23. The Kier molecular flexibility index (Phi) is 6.35. The van der Waals surface area contributed by atoms with Gasteiger partial charge in [-0.25, -0.2) is 0 Å². The van der Waals surface area contributed by atoms with Crippen LogP contribution in [-0.4, -0.2) is 9.97 Å². The molecule has 38 heavy (non-hydrogen) atoms. The number of hydrogen-bond acceptors (Lipinski definition) is 2. The molecule has 6 aromatic rings. The molecule has 0 unspecified atom stereocenters. The molecule has 2 nitrogen and oxygen atoms in total. The molecule has 0 spiro atoms. The third kappa shape index (κ3) is 3.76. The van der Waals surface area contributed by atoms with Crippen LogP contribution in [0.4, 0.5) is 0 Å². The van der Waals surface area contributed by atoms with Crippen LogP contribution in [0.5, 0.6) is 0 Å². The SMILES string of the molecule is [Pt+2].[c-]1c(-c2ccccn2)cccc1C1(c2[c-]c(-c3ccccn3)ccc2)c2ccccc2-c2ccccc21. The number of benzene rings is 4. The second-order valence-corrected chi connectivity index (χ2v) is 9.23. The monoisotopic (exact) mass is 665 g/mol. The Bertz CT molecular complexity index is 1600. The number of pyridine rings is 2. The van der Waals surface area contributed by atoms with Crippen molar-refractivity contribution < 1.29 is 21.1 Å². The van der Waals surface area contributed by atoms with E-state index in [4.69, 9.17) is 0 Å². The number of fused-ring (bicyclic) bond motifs is 3. The maximum Gasteiger partial charge on any atom is 2.00 e. The van der Waals surface area contributed by atoms with Gasteiger partial charge in [-0.1, -0.05) is 72.8 Å². The van der Waals surface area contributed by atoms with Crippen molar-refractivity contribution in [1.82, 2.24) is 9.97 Å². The Morgan fingerprint density at radius 2 is 0.895 bits per heavy atom. The molecule has 0 amide bonds. The van der Waals surface area contributed by atoms with Crippen LogP contribution < -0.4 is 0 Å². The van der Waals surface area contributed by atoms with Gasteiger partial charge in [0, 0.05) is 17.8 Å². The number of nitrogens with zero attached hydrogens (tertiary/aromatic N) is 2. The van der Waals surface area contributed by atoms with Crippen molar-refractivity contribution in [2.24, 2.45) is 0 Å². The van der Waals surface area contributed by atoms with Gasteiger partial charge in [-0.15, -0.1) is 70.8 Å². The van der Waals surface area contributed by atoms with Crippen LogP contribution in [0.15, 0.2) is 134 Å². The molecule has 0 saturated heterocycles. The van der Waals surface area contributed by atoms with E-state index >= 15 is 0 Å². The van der Waals surface area contributed by atoms with Crippen LogP contribution in [0.3, 0.4) is 0 Å². The summed E-state index contributed by atoms with van der Waals surface area (Å²) in [7, 11) is 0. The summed E-state index contributed by atoms with van der Waals surface area (Å²) in [5.74, 6) is 0. The van der Waals surface area contributed by atoms with Crippen LogP contribution in [0, 0.1) is 12.1 Å². The van der Waals surface area contributed by atoms with E-state index in [-0.39, 0.29) is 21.1 Å². The molecule has 0 atom stereocenters. The maximum absolute atomic E-state index is 4.61. The van der Waals surface area contributed by atoms with E-state index in [0.29, 0.717) is 0 Å². The van der Waals surface area contributed by atoms with Crippen molar-refractivity contribution in [3.8, 4) is 33.6 Å². The van der Waals surface area contributed by atoms with Gasteiger partial charge in [0.15, 0.2) is 0 Å². The molecule has 3 heteroatoms. The summed E-state index contributed by atoms with van der Waals surface area (Å²) in [5, 5.41) is 0. The Morgan fingerprint density at radius 3 is 1.34 bits per heavy atom. The zero-order chi connectivity index (χ0) is 24.7. The predicted octanol–water partition coefficient (Wildman–Crippen LogP) is 7.77. The van der Waals surface area contributed by atoms with E-state index in [1.807, 2.05) is 48.8 Å². The second kappa shape index (κ2) is 9.97. The zero-order valence-corrected chi connectivity index (χ0v) is 22.7. The molecule has 7 rings (SSSR count). The standard InChI is InChI=1S/C35H22N2.Pt/c1-3-17-31-29(15-1)30-16-2-4-18-32(30)35(31,27-13-9-11-25(23-27)33-19-5-7-21-36-33)28-14-10-12-26(24-28)34-20-6-8-22-37-34;/h1-22H;/q-2;+2. The minimum atomic E-state index is -0.581. The van der Waals surface area contributed by atoms with E-state index in [9.17, 15) is 0 Å². The quantitative estimate of drug-likeness (QED) is 0.180. The van der Waals surface area contributed by atoms with E-state index in [1.54, 1.807) is 0 Å². The summed E-state index contributed by atoms with van der Waals surface area (Å²) in [6, 6.07) is 49.8. The van der Waals surface area contributed by atoms with Crippen molar-refractivity contribution in [3.63, 3.8) is 0 Å². The van der Waals surface area contributed by atoms with Crippen LogP contribution in [0.2, 0.25) is 0 Å². The van der Waals surface area contributed by atoms with Crippen molar-refractivity contribution in [2.45, 2.75) is 5.41 Å². The minimum Gasteiger partial charge on any atom is -0.305 e. The number of rotatable bonds is 4. The molecule has 0 radical (unpaired) electrons. The fourth-order valence-electron chi connectivity index (χ4n) is 5.68. The summed E-state index contributed by atoms with van der Waals surface area (Å²) >= 11 is 0. The van der Waals surface area contributed by atoms with Gasteiger partial charge in [0.05, 0.1) is 0 Å². The molecule has 1 aliphatic carbocycles. The van der Waals surface area contributed by atoms with Gasteiger partial charge in [0.2, 0.25) is 0 Å². The van der Waals surface area contributed by atoms with E-state index in [1.165, 1.54) is 22.3 Å². The molecule has 2 heterocycles. The number of aromatic nitrogens is 2. The Labute approximate surface area is 237 Å². The zero-order valence-electron chi connectivity index (χ0n) is 20.4. The summed E-state index contributed by atoms with van der Waals surface area (Å²) in [4.78, 5) is 9.21. The van der Waals surface area contributed by atoms with Gasteiger partial charge < -0.3 is 9.97 Å². The molecule has 0 aliphatic heterocycles. The van der Waals surface area contributed by atoms with E-state index in [2.05, 4.69) is 107 Å². The molecule has 0 fully saturated rings. The van der Waals surface area contributed by atoms with Gasteiger partial charge in [-0.2, -0.15) is 0 Å².